The predicted molar refractivity (Wildman–Crippen MR) is 84.5 cm³/mol. The smallest absolute Gasteiger partial charge is 0.122 e. The highest BCUT2D eigenvalue weighted by atomic mass is 79.9. The summed E-state index contributed by atoms with van der Waals surface area (Å²) in [5.41, 5.74) is 7.62. The van der Waals surface area contributed by atoms with Gasteiger partial charge in [0.05, 0.1) is 22.3 Å². The second-order valence-corrected chi connectivity index (χ2v) is 7.12. The van der Waals surface area contributed by atoms with Crippen molar-refractivity contribution in [2.24, 2.45) is 0 Å². The number of hydrogen-bond acceptors (Lipinski definition) is 3. The van der Waals surface area contributed by atoms with Gasteiger partial charge in [-0.25, -0.2) is 0 Å². The number of benzene rings is 2. The summed E-state index contributed by atoms with van der Waals surface area (Å²) in [6.07, 6.45) is 0. The molecule has 1 aliphatic heterocycles. The molecule has 0 spiro atoms. The maximum Gasteiger partial charge on any atom is 0.122 e. The summed E-state index contributed by atoms with van der Waals surface area (Å²) in [6, 6.07) is 13.4. The molecule has 2 unspecified atom stereocenters. The van der Waals surface area contributed by atoms with Gasteiger partial charge in [-0.3, -0.25) is 4.21 Å². The number of halogens is 1. The molecule has 3 rings (SSSR count). The zero-order valence-electron chi connectivity index (χ0n) is 10.7. The van der Waals surface area contributed by atoms with Gasteiger partial charge in [0.25, 0.3) is 0 Å². The second kappa shape index (κ2) is 5.58. The largest absolute Gasteiger partial charge is 0.493 e. The van der Waals surface area contributed by atoms with E-state index in [0.717, 1.165) is 15.8 Å². The Morgan fingerprint density at radius 2 is 2.10 bits per heavy atom. The van der Waals surface area contributed by atoms with Crippen molar-refractivity contribution in [2.45, 2.75) is 10.8 Å². The molecular formula is C15H14BrNO2S. The summed E-state index contributed by atoms with van der Waals surface area (Å²) in [5, 5.41) is 0. The van der Waals surface area contributed by atoms with Crippen molar-refractivity contribution < 1.29 is 8.95 Å². The summed E-state index contributed by atoms with van der Waals surface area (Å²) < 4.78 is 19.1. The van der Waals surface area contributed by atoms with E-state index in [9.17, 15) is 4.21 Å². The number of hydrogen-bond donors (Lipinski definition) is 1. The molecular weight excluding hydrogens is 338 g/mol. The van der Waals surface area contributed by atoms with E-state index in [1.807, 2.05) is 36.4 Å². The van der Waals surface area contributed by atoms with Gasteiger partial charge < -0.3 is 10.5 Å². The molecule has 2 atom stereocenters. The molecule has 0 saturated carbocycles. The minimum atomic E-state index is -1.14. The van der Waals surface area contributed by atoms with Crippen molar-refractivity contribution in [1.82, 2.24) is 0 Å². The zero-order valence-corrected chi connectivity index (χ0v) is 13.1. The Labute approximate surface area is 128 Å². The standard InChI is InChI=1S/C15H14BrNO2S/c16-11-5-6-13(17)15(7-11)20(18)9-10-8-19-14-4-2-1-3-12(10)14/h1-7,10H,8-9,17H2. The zero-order chi connectivity index (χ0) is 14.1. The molecule has 1 aliphatic rings. The molecule has 0 bridgehead atoms. The lowest BCUT2D eigenvalue weighted by Gasteiger charge is -2.10. The molecule has 2 aromatic carbocycles. The first-order chi connectivity index (χ1) is 9.65. The van der Waals surface area contributed by atoms with Crippen LogP contribution in [-0.2, 0) is 10.8 Å². The third-order valence-corrected chi connectivity index (χ3v) is 5.41. The fourth-order valence-corrected chi connectivity index (χ4v) is 4.27. The van der Waals surface area contributed by atoms with Crippen molar-refractivity contribution in [2.75, 3.05) is 18.1 Å². The van der Waals surface area contributed by atoms with Crippen LogP contribution in [0.5, 0.6) is 5.75 Å². The molecule has 0 aromatic heterocycles. The molecule has 2 aromatic rings. The maximum atomic E-state index is 12.5. The molecule has 5 heteroatoms. The average Bonchev–Trinajstić information content (AvgIpc) is 2.85. The summed E-state index contributed by atoms with van der Waals surface area (Å²) in [5.74, 6) is 1.58. The van der Waals surface area contributed by atoms with Gasteiger partial charge in [-0.2, -0.15) is 0 Å². The van der Waals surface area contributed by atoms with Crippen LogP contribution in [0, 0.1) is 0 Å². The van der Waals surface area contributed by atoms with E-state index in [1.165, 1.54) is 0 Å². The minimum absolute atomic E-state index is 0.158. The first-order valence-electron chi connectivity index (χ1n) is 6.30. The van der Waals surface area contributed by atoms with Crippen LogP contribution in [0.3, 0.4) is 0 Å². The Balaban J connectivity index is 1.82. The third kappa shape index (κ3) is 2.60. The van der Waals surface area contributed by atoms with Gasteiger partial charge in [0.1, 0.15) is 5.75 Å². The average molecular weight is 352 g/mol. The molecule has 0 radical (unpaired) electrons. The van der Waals surface area contributed by atoms with Crippen LogP contribution in [0.4, 0.5) is 5.69 Å². The molecule has 1 heterocycles. The lowest BCUT2D eigenvalue weighted by atomic mass is 10.0. The van der Waals surface area contributed by atoms with Gasteiger partial charge in [0, 0.05) is 27.4 Å². The van der Waals surface area contributed by atoms with E-state index in [0.29, 0.717) is 22.9 Å². The highest BCUT2D eigenvalue weighted by Gasteiger charge is 2.26. The Bertz CT molecular complexity index is 675. The van der Waals surface area contributed by atoms with Gasteiger partial charge in [-0.15, -0.1) is 0 Å². The van der Waals surface area contributed by atoms with Crippen LogP contribution in [0.15, 0.2) is 51.8 Å². The highest BCUT2D eigenvalue weighted by Crippen LogP contribution is 2.35. The monoisotopic (exact) mass is 351 g/mol. The molecule has 2 N–H and O–H groups in total. The van der Waals surface area contributed by atoms with Crippen LogP contribution in [-0.4, -0.2) is 16.6 Å². The predicted octanol–water partition coefficient (Wildman–Crippen LogP) is 3.32. The van der Waals surface area contributed by atoms with Crippen LogP contribution in [0.2, 0.25) is 0 Å². The van der Waals surface area contributed by atoms with E-state index in [4.69, 9.17) is 10.5 Å². The fourth-order valence-electron chi connectivity index (χ4n) is 2.35. The van der Waals surface area contributed by atoms with Gasteiger partial charge in [0.2, 0.25) is 0 Å². The topological polar surface area (TPSA) is 52.3 Å². The second-order valence-electron chi connectivity index (χ2n) is 4.74. The lowest BCUT2D eigenvalue weighted by Crippen LogP contribution is -2.12. The Morgan fingerprint density at radius 1 is 1.30 bits per heavy atom. The number of nitrogens with two attached hydrogens (primary N) is 1. The van der Waals surface area contributed by atoms with Gasteiger partial charge in [-0.1, -0.05) is 34.1 Å². The first kappa shape index (κ1) is 13.6. The fraction of sp³-hybridized carbons (Fsp3) is 0.200. The van der Waals surface area contributed by atoms with E-state index in [2.05, 4.69) is 15.9 Å². The molecule has 3 nitrogen and oxygen atoms in total. The maximum absolute atomic E-state index is 12.5. The Hall–Kier alpha value is -1.33. The number of nitrogen functional groups attached to an aromatic ring is 1. The number of anilines is 1. The van der Waals surface area contributed by atoms with Gasteiger partial charge in [-0.05, 0) is 24.3 Å². The summed E-state index contributed by atoms with van der Waals surface area (Å²) in [4.78, 5) is 0.684. The summed E-state index contributed by atoms with van der Waals surface area (Å²) in [6.45, 7) is 0.582. The van der Waals surface area contributed by atoms with Gasteiger partial charge >= 0.3 is 0 Å². The first-order valence-corrected chi connectivity index (χ1v) is 8.41. The number of rotatable bonds is 3. The Kier molecular flexibility index (Phi) is 3.81. The minimum Gasteiger partial charge on any atom is -0.493 e. The SMILES string of the molecule is Nc1ccc(Br)cc1S(=O)CC1COc2ccccc21. The summed E-state index contributed by atoms with van der Waals surface area (Å²) >= 11 is 3.39. The molecule has 0 aliphatic carbocycles. The van der Waals surface area contributed by atoms with Crippen molar-refractivity contribution in [1.29, 1.82) is 0 Å². The van der Waals surface area contributed by atoms with E-state index in [-0.39, 0.29) is 5.92 Å². The van der Waals surface area contributed by atoms with Crippen molar-refractivity contribution in [3.05, 3.63) is 52.5 Å². The normalized spacial score (nSPS) is 18.4. The van der Waals surface area contributed by atoms with Gasteiger partial charge in [0.15, 0.2) is 0 Å². The van der Waals surface area contributed by atoms with E-state index >= 15 is 0 Å². The summed E-state index contributed by atoms with van der Waals surface area (Å²) in [7, 11) is -1.14. The number of fused-ring (bicyclic) bond motifs is 1. The molecule has 20 heavy (non-hydrogen) atoms. The molecule has 104 valence electrons. The third-order valence-electron chi connectivity index (χ3n) is 3.37. The van der Waals surface area contributed by atoms with Crippen molar-refractivity contribution in [3.8, 4) is 5.75 Å². The lowest BCUT2D eigenvalue weighted by molar-refractivity contribution is 0.338. The van der Waals surface area contributed by atoms with E-state index < -0.39 is 10.8 Å². The Morgan fingerprint density at radius 3 is 2.95 bits per heavy atom. The molecule has 0 saturated heterocycles. The van der Waals surface area contributed by atoms with E-state index in [1.54, 1.807) is 6.07 Å². The van der Waals surface area contributed by atoms with Crippen LogP contribution in [0.1, 0.15) is 11.5 Å². The highest BCUT2D eigenvalue weighted by molar-refractivity contribution is 9.10. The molecule has 0 amide bonds. The number of ether oxygens (including phenoxy) is 1. The van der Waals surface area contributed by atoms with Crippen LogP contribution in [0.25, 0.3) is 0 Å². The van der Waals surface area contributed by atoms with Crippen LogP contribution < -0.4 is 10.5 Å². The van der Waals surface area contributed by atoms with Crippen molar-refractivity contribution in [3.63, 3.8) is 0 Å². The quantitative estimate of drug-likeness (QED) is 0.863. The molecule has 0 fully saturated rings. The number of para-hydroxylation sites is 1. The van der Waals surface area contributed by atoms with Crippen molar-refractivity contribution >= 4 is 32.4 Å². The van der Waals surface area contributed by atoms with Crippen LogP contribution >= 0.6 is 15.9 Å².